The van der Waals surface area contributed by atoms with E-state index in [0.29, 0.717) is 6.54 Å². The van der Waals surface area contributed by atoms with Gasteiger partial charge in [0.1, 0.15) is 6.17 Å². The molecule has 2 aliphatic rings. The van der Waals surface area contributed by atoms with Crippen molar-refractivity contribution in [3.63, 3.8) is 0 Å². The molecule has 0 bridgehead atoms. The minimum Gasteiger partial charge on any atom is -0.295 e. The first-order valence-corrected chi connectivity index (χ1v) is 6.16. The van der Waals surface area contributed by atoms with Crippen LogP contribution in [0.4, 0.5) is 4.39 Å². The van der Waals surface area contributed by atoms with Crippen LogP contribution < -0.4 is 0 Å². The number of rotatable bonds is 2. The Kier molecular flexibility index (Phi) is 4.36. The quantitative estimate of drug-likeness (QED) is 0.662. The molecule has 2 fully saturated rings. The van der Waals surface area contributed by atoms with E-state index in [0.717, 1.165) is 13.0 Å². The molecule has 2 atom stereocenters. The lowest BCUT2D eigenvalue weighted by atomic mass is 9.89. The van der Waals surface area contributed by atoms with Gasteiger partial charge in [-0.25, -0.2) is 4.39 Å². The lowest BCUT2D eigenvalue weighted by molar-refractivity contribution is 0.181. The third-order valence-corrected chi connectivity index (χ3v) is 3.48. The molecule has 0 saturated carbocycles. The van der Waals surface area contributed by atoms with Crippen LogP contribution in [0.1, 0.15) is 52.9 Å². The summed E-state index contributed by atoms with van der Waals surface area (Å²) >= 11 is 0. The average Bonchev–Trinajstić information content (AvgIpc) is 2.64. The Balaban J connectivity index is 0.000000461. The molecule has 0 amide bonds. The van der Waals surface area contributed by atoms with Gasteiger partial charge >= 0.3 is 0 Å². The van der Waals surface area contributed by atoms with Crippen molar-refractivity contribution in [3.05, 3.63) is 0 Å². The Labute approximate surface area is 87.7 Å². The molecule has 0 aliphatic carbocycles. The van der Waals surface area contributed by atoms with Gasteiger partial charge in [0.05, 0.1) is 0 Å². The summed E-state index contributed by atoms with van der Waals surface area (Å²) in [4.78, 5) is 2.39. The Morgan fingerprint density at radius 1 is 1.43 bits per heavy atom. The van der Waals surface area contributed by atoms with Gasteiger partial charge in [0, 0.05) is 12.1 Å². The van der Waals surface area contributed by atoms with Gasteiger partial charge in [0.25, 0.3) is 0 Å². The molecule has 14 heavy (non-hydrogen) atoms. The summed E-state index contributed by atoms with van der Waals surface area (Å²) in [5, 5.41) is 0. The summed E-state index contributed by atoms with van der Waals surface area (Å²) in [5.74, 6) is 0. The van der Waals surface area contributed by atoms with Crippen molar-refractivity contribution in [1.82, 2.24) is 4.90 Å². The Morgan fingerprint density at radius 3 is 2.79 bits per heavy atom. The monoisotopic (exact) mass is 201 g/mol. The Bertz CT molecular complexity index is 172. The van der Waals surface area contributed by atoms with E-state index >= 15 is 0 Å². The molecule has 0 aromatic carbocycles. The largest absolute Gasteiger partial charge is 0.295 e. The molecule has 0 radical (unpaired) electrons. The van der Waals surface area contributed by atoms with Crippen LogP contribution in [-0.2, 0) is 0 Å². The number of hydrogen-bond donors (Lipinski definition) is 0. The van der Waals surface area contributed by atoms with Crippen LogP contribution in [0, 0.1) is 0 Å². The van der Waals surface area contributed by atoms with Crippen molar-refractivity contribution >= 4 is 0 Å². The van der Waals surface area contributed by atoms with Crippen molar-refractivity contribution in [2.45, 2.75) is 64.6 Å². The zero-order valence-corrected chi connectivity index (χ0v) is 9.85. The maximum absolute atomic E-state index is 13.2. The summed E-state index contributed by atoms with van der Waals surface area (Å²) < 4.78 is 13.2. The zero-order chi connectivity index (χ0) is 10.6. The van der Waals surface area contributed by atoms with Gasteiger partial charge in [-0.15, -0.1) is 0 Å². The first-order chi connectivity index (χ1) is 6.77. The SMILES string of the molecule is CC.CCCC12CCCN1CC(F)C2. The highest BCUT2D eigenvalue weighted by molar-refractivity contribution is 5.02. The summed E-state index contributed by atoms with van der Waals surface area (Å²) in [6, 6.07) is 0. The smallest absolute Gasteiger partial charge is 0.115 e. The highest BCUT2D eigenvalue weighted by Crippen LogP contribution is 2.42. The minimum absolute atomic E-state index is 0.286. The number of nitrogens with zero attached hydrogens (tertiary/aromatic N) is 1. The normalized spacial score (nSPS) is 36.4. The van der Waals surface area contributed by atoms with Crippen LogP contribution in [0.3, 0.4) is 0 Å². The van der Waals surface area contributed by atoms with Gasteiger partial charge in [0.2, 0.25) is 0 Å². The van der Waals surface area contributed by atoms with Crippen LogP contribution in [0.5, 0.6) is 0 Å². The van der Waals surface area contributed by atoms with E-state index in [1.807, 2.05) is 13.8 Å². The molecular formula is C12H24FN. The van der Waals surface area contributed by atoms with E-state index in [9.17, 15) is 4.39 Å². The molecule has 0 aromatic heterocycles. The minimum atomic E-state index is -0.545. The van der Waals surface area contributed by atoms with E-state index in [1.165, 1.54) is 25.7 Å². The van der Waals surface area contributed by atoms with E-state index in [4.69, 9.17) is 0 Å². The molecule has 2 unspecified atom stereocenters. The molecule has 84 valence electrons. The lowest BCUT2D eigenvalue weighted by Gasteiger charge is -2.31. The Morgan fingerprint density at radius 2 is 2.14 bits per heavy atom. The molecule has 2 heteroatoms. The van der Waals surface area contributed by atoms with Crippen molar-refractivity contribution in [1.29, 1.82) is 0 Å². The fraction of sp³-hybridized carbons (Fsp3) is 1.00. The second-order valence-corrected chi connectivity index (χ2v) is 4.33. The molecule has 2 saturated heterocycles. The summed E-state index contributed by atoms with van der Waals surface area (Å²) in [6.45, 7) is 8.05. The molecule has 1 nitrogen and oxygen atoms in total. The predicted octanol–water partition coefficient (Wildman–Crippen LogP) is 3.39. The molecule has 2 aliphatic heterocycles. The summed E-state index contributed by atoms with van der Waals surface area (Å²) in [7, 11) is 0. The van der Waals surface area contributed by atoms with Crippen LogP contribution >= 0.6 is 0 Å². The van der Waals surface area contributed by atoms with Gasteiger partial charge < -0.3 is 0 Å². The van der Waals surface area contributed by atoms with Crippen LogP contribution in [-0.4, -0.2) is 29.7 Å². The highest BCUT2D eigenvalue weighted by atomic mass is 19.1. The second kappa shape index (κ2) is 5.11. The summed E-state index contributed by atoms with van der Waals surface area (Å²) in [6.07, 6.45) is 5.18. The third kappa shape index (κ3) is 2.10. The number of fused-ring (bicyclic) bond motifs is 1. The molecular weight excluding hydrogens is 177 g/mol. The molecule has 0 spiro atoms. The van der Waals surface area contributed by atoms with Gasteiger partial charge in [-0.05, 0) is 32.2 Å². The van der Waals surface area contributed by atoms with Crippen molar-refractivity contribution in [3.8, 4) is 0 Å². The van der Waals surface area contributed by atoms with Crippen molar-refractivity contribution < 1.29 is 4.39 Å². The number of alkyl halides is 1. The van der Waals surface area contributed by atoms with E-state index < -0.39 is 6.17 Å². The summed E-state index contributed by atoms with van der Waals surface area (Å²) in [5.41, 5.74) is 0.286. The maximum Gasteiger partial charge on any atom is 0.115 e. The van der Waals surface area contributed by atoms with Gasteiger partial charge in [0.15, 0.2) is 0 Å². The van der Waals surface area contributed by atoms with E-state index in [-0.39, 0.29) is 5.54 Å². The first kappa shape index (κ1) is 12.0. The van der Waals surface area contributed by atoms with Gasteiger partial charge in [-0.1, -0.05) is 27.2 Å². The first-order valence-electron chi connectivity index (χ1n) is 6.16. The number of halogens is 1. The standard InChI is InChI=1S/C10H18FN.C2H6/c1-2-4-10-5-3-6-12(10)8-9(11)7-10;1-2/h9H,2-8H2,1H3;1-2H3. The topological polar surface area (TPSA) is 3.24 Å². The van der Waals surface area contributed by atoms with Crippen LogP contribution in [0.15, 0.2) is 0 Å². The van der Waals surface area contributed by atoms with Crippen LogP contribution in [0.2, 0.25) is 0 Å². The Hall–Kier alpha value is -0.110. The second-order valence-electron chi connectivity index (χ2n) is 4.33. The third-order valence-electron chi connectivity index (χ3n) is 3.48. The van der Waals surface area contributed by atoms with E-state index in [2.05, 4.69) is 11.8 Å². The molecule has 2 heterocycles. The highest BCUT2D eigenvalue weighted by Gasteiger charge is 2.47. The van der Waals surface area contributed by atoms with Crippen molar-refractivity contribution in [2.24, 2.45) is 0 Å². The molecule has 0 aromatic rings. The van der Waals surface area contributed by atoms with Crippen molar-refractivity contribution in [2.75, 3.05) is 13.1 Å². The van der Waals surface area contributed by atoms with Gasteiger partial charge in [-0.2, -0.15) is 0 Å². The average molecular weight is 201 g/mol. The lowest BCUT2D eigenvalue weighted by Crippen LogP contribution is -2.37. The molecule has 2 rings (SSSR count). The molecule has 0 N–H and O–H groups in total. The fourth-order valence-corrected chi connectivity index (χ4v) is 3.08. The zero-order valence-electron chi connectivity index (χ0n) is 9.85. The maximum atomic E-state index is 13.2. The number of hydrogen-bond acceptors (Lipinski definition) is 1. The predicted molar refractivity (Wildman–Crippen MR) is 59.3 cm³/mol. The fourth-order valence-electron chi connectivity index (χ4n) is 3.08. The van der Waals surface area contributed by atoms with E-state index in [1.54, 1.807) is 0 Å². The van der Waals surface area contributed by atoms with Crippen LogP contribution in [0.25, 0.3) is 0 Å². The van der Waals surface area contributed by atoms with Gasteiger partial charge in [-0.3, -0.25) is 4.90 Å².